The van der Waals surface area contributed by atoms with Crippen molar-refractivity contribution in [3.8, 4) is 17.2 Å². The van der Waals surface area contributed by atoms with E-state index in [9.17, 15) is 9.59 Å². The van der Waals surface area contributed by atoms with Crippen LogP contribution in [0.3, 0.4) is 0 Å². The fourth-order valence-corrected chi connectivity index (χ4v) is 3.99. The molecule has 2 aromatic carbocycles. The molecule has 0 spiro atoms. The molecule has 4 rings (SSSR count). The topological polar surface area (TPSA) is 88.8 Å². The molecule has 1 aliphatic rings. The van der Waals surface area contributed by atoms with Crippen molar-refractivity contribution in [2.45, 2.75) is 32.3 Å². The lowest BCUT2D eigenvalue weighted by molar-refractivity contribution is -0.136. The standard InChI is InChI=1S/C25H27ClN4O4/c1-17(33-21-7-5-6-20(26)16-21)24(31)29(2)15-12-22-27-23(34-28-22)18-8-10-19(11-9-18)25(32)30-13-3-4-14-30/h5-11,16-17H,3-4,12-15H2,1-2H3. The van der Waals surface area contributed by atoms with Gasteiger partial charge in [0.25, 0.3) is 17.7 Å². The van der Waals surface area contributed by atoms with E-state index in [0.29, 0.717) is 41.0 Å². The molecule has 2 amide bonds. The number of likely N-dealkylation sites (tertiary alicyclic amines) is 1. The number of ether oxygens (including phenoxy) is 1. The smallest absolute Gasteiger partial charge is 0.263 e. The Balaban J connectivity index is 1.30. The molecule has 1 fully saturated rings. The number of carbonyl (C=O) groups is 2. The molecule has 3 aromatic rings. The number of hydrogen-bond donors (Lipinski definition) is 0. The number of carbonyl (C=O) groups excluding carboxylic acids is 2. The Morgan fingerprint density at radius 3 is 2.62 bits per heavy atom. The SMILES string of the molecule is CC(Oc1cccc(Cl)c1)C(=O)N(C)CCc1noc(-c2ccc(C(=O)N3CCCC3)cc2)n1. The molecule has 0 bridgehead atoms. The highest BCUT2D eigenvalue weighted by Gasteiger charge is 2.21. The number of hydrogen-bond acceptors (Lipinski definition) is 6. The van der Waals surface area contributed by atoms with E-state index >= 15 is 0 Å². The molecular formula is C25H27ClN4O4. The summed E-state index contributed by atoms with van der Waals surface area (Å²) in [5, 5.41) is 4.57. The zero-order chi connectivity index (χ0) is 24.1. The second kappa shape index (κ2) is 10.7. The van der Waals surface area contributed by atoms with Crippen LogP contribution >= 0.6 is 11.6 Å². The van der Waals surface area contributed by atoms with Crippen molar-refractivity contribution in [3.05, 3.63) is 64.9 Å². The molecule has 1 atom stereocenters. The van der Waals surface area contributed by atoms with Gasteiger partial charge in [-0.1, -0.05) is 22.8 Å². The molecule has 34 heavy (non-hydrogen) atoms. The number of rotatable bonds is 8. The molecule has 9 heteroatoms. The highest BCUT2D eigenvalue weighted by Crippen LogP contribution is 2.21. The summed E-state index contributed by atoms with van der Waals surface area (Å²) in [7, 11) is 1.71. The molecular weight excluding hydrogens is 456 g/mol. The van der Waals surface area contributed by atoms with E-state index in [1.807, 2.05) is 17.0 Å². The molecule has 1 aliphatic heterocycles. The monoisotopic (exact) mass is 482 g/mol. The Bertz CT molecular complexity index is 1140. The maximum atomic E-state index is 12.6. The second-order valence-electron chi connectivity index (χ2n) is 8.32. The van der Waals surface area contributed by atoms with Gasteiger partial charge in [0.05, 0.1) is 0 Å². The van der Waals surface area contributed by atoms with Gasteiger partial charge in [-0.3, -0.25) is 9.59 Å². The zero-order valence-corrected chi connectivity index (χ0v) is 20.0. The molecule has 1 aromatic heterocycles. The number of likely N-dealkylation sites (N-methyl/N-ethyl adjacent to an activating group) is 1. The van der Waals surface area contributed by atoms with E-state index in [4.69, 9.17) is 20.9 Å². The number of aromatic nitrogens is 2. The lowest BCUT2D eigenvalue weighted by atomic mass is 10.1. The van der Waals surface area contributed by atoms with Crippen molar-refractivity contribution in [1.29, 1.82) is 0 Å². The van der Waals surface area contributed by atoms with Gasteiger partial charge in [-0.25, -0.2) is 0 Å². The van der Waals surface area contributed by atoms with E-state index in [2.05, 4.69) is 10.1 Å². The molecule has 8 nitrogen and oxygen atoms in total. The quantitative estimate of drug-likeness (QED) is 0.480. The Hall–Kier alpha value is -3.39. The summed E-state index contributed by atoms with van der Waals surface area (Å²) in [4.78, 5) is 33.0. The Morgan fingerprint density at radius 1 is 1.18 bits per heavy atom. The molecule has 1 unspecified atom stereocenters. The van der Waals surface area contributed by atoms with Crippen LogP contribution in [0.2, 0.25) is 5.02 Å². The first-order valence-corrected chi connectivity index (χ1v) is 11.7. The van der Waals surface area contributed by atoms with E-state index in [-0.39, 0.29) is 11.8 Å². The normalized spacial score (nSPS) is 14.1. The number of nitrogens with zero attached hydrogens (tertiary/aromatic N) is 4. The predicted octanol–water partition coefficient (Wildman–Crippen LogP) is 4.09. The van der Waals surface area contributed by atoms with Gasteiger partial charge in [0.2, 0.25) is 0 Å². The van der Waals surface area contributed by atoms with E-state index in [1.54, 1.807) is 55.3 Å². The fraction of sp³-hybridized carbons (Fsp3) is 0.360. The molecule has 0 saturated carbocycles. The van der Waals surface area contributed by atoms with Crippen molar-refractivity contribution < 1.29 is 18.8 Å². The van der Waals surface area contributed by atoms with Gasteiger partial charge in [0, 0.05) is 49.3 Å². The minimum Gasteiger partial charge on any atom is -0.481 e. The van der Waals surface area contributed by atoms with Crippen LogP contribution in [-0.4, -0.2) is 64.5 Å². The van der Waals surface area contributed by atoms with Gasteiger partial charge < -0.3 is 19.1 Å². The van der Waals surface area contributed by atoms with Gasteiger partial charge in [-0.05, 0) is 62.2 Å². The van der Waals surface area contributed by atoms with Crippen LogP contribution < -0.4 is 4.74 Å². The van der Waals surface area contributed by atoms with Crippen LogP contribution in [0.4, 0.5) is 0 Å². The Morgan fingerprint density at radius 2 is 1.91 bits per heavy atom. The van der Waals surface area contributed by atoms with Gasteiger partial charge in [0.1, 0.15) is 5.75 Å². The summed E-state index contributed by atoms with van der Waals surface area (Å²) in [6, 6.07) is 14.1. The molecule has 0 radical (unpaired) electrons. The predicted molar refractivity (Wildman–Crippen MR) is 128 cm³/mol. The summed E-state index contributed by atoms with van der Waals surface area (Å²) < 4.78 is 11.1. The Labute approximate surface area is 203 Å². The number of halogens is 1. The van der Waals surface area contributed by atoms with Crippen molar-refractivity contribution in [2.75, 3.05) is 26.7 Å². The Kier molecular flexibility index (Phi) is 7.47. The van der Waals surface area contributed by atoms with Crippen LogP contribution in [0, 0.1) is 0 Å². The minimum absolute atomic E-state index is 0.0524. The number of benzene rings is 2. The van der Waals surface area contributed by atoms with Gasteiger partial charge in [-0.2, -0.15) is 4.98 Å². The minimum atomic E-state index is -0.661. The zero-order valence-electron chi connectivity index (χ0n) is 19.2. The largest absolute Gasteiger partial charge is 0.481 e. The third kappa shape index (κ3) is 5.75. The third-order valence-electron chi connectivity index (χ3n) is 5.74. The molecule has 0 aliphatic carbocycles. The maximum absolute atomic E-state index is 12.6. The maximum Gasteiger partial charge on any atom is 0.263 e. The summed E-state index contributed by atoms with van der Waals surface area (Å²) in [5.41, 5.74) is 1.39. The molecule has 2 heterocycles. The fourth-order valence-electron chi connectivity index (χ4n) is 3.81. The third-order valence-corrected chi connectivity index (χ3v) is 5.98. The first-order chi connectivity index (χ1) is 16.4. The average Bonchev–Trinajstić information content (AvgIpc) is 3.54. The summed E-state index contributed by atoms with van der Waals surface area (Å²) in [6.07, 6.45) is 1.89. The van der Waals surface area contributed by atoms with Crippen LogP contribution in [0.5, 0.6) is 5.75 Å². The molecule has 0 N–H and O–H groups in total. The van der Waals surface area contributed by atoms with Crippen LogP contribution in [0.1, 0.15) is 35.9 Å². The van der Waals surface area contributed by atoms with Gasteiger partial charge in [-0.15, -0.1) is 0 Å². The van der Waals surface area contributed by atoms with E-state index in [1.165, 1.54) is 0 Å². The lowest BCUT2D eigenvalue weighted by Crippen LogP contribution is -2.39. The molecule has 1 saturated heterocycles. The van der Waals surface area contributed by atoms with Crippen molar-refractivity contribution >= 4 is 23.4 Å². The first kappa shape index (κ1) is 23.8. The lowest BCUT2D eigenvalue weighted by Gasteiger charge is -2.21. The van der Waals surface area contributed by atoms with Gasteiger partial charge in [0.15, 0.2) is 11.9 Å². The summed E-state index contributed by atoms with van der Waals surface area (Å²) in [5.74, 6) is 1.30. The summed E-state index contributed by atoms with van der Waals surface area (Å²) >= 11 is 5.97. The van der Waals surface area contributed by atoms with E-state index < -0.39 is 6.10 Å². The molecule has 178 valence electrons. The van der Waals surface area contributed by atoms with Crippen molar-refractivity contribution in [3.63, 3.8) is 0 Å². The van der Waals surface area contributed by atoms with Crippen molar-refractivity contribution in [1.82, 2.24) is 19.9 Å². The first-order valence-electron chi connectivity index (χ1n) is 11.3. The highest BCUT2D eigenvalue weighted by molar-refractivity contribution is 6.30. The van der Waals surface area contributed by atoms with Crippen LogP contribution in [0.25, 0.3) is 11.5 Å². The average molecular weight is 483 g/mol. The van der Waals surface area contributed by atoms with Crippen molar-refractivity contribution in [2.24, 2.45) is 0 Å². The van der Waals surface area contributed by atoms with Crippen LogP contribution in [0.15, 0.2) is 53.1 Å². The van der Waals surface area contributed by atoms with Gasteiger partial charge >= 0.3 is 0 Å². The number of amides is 2. The second-order valence-corrected chi connectivity index (χ2v) is 8.76. The summed E-state index contributed by atoms with van der Waals surface area (Å²) in [6.45, 7) is 3.74. The van der Waals surface area contributed by atoms with E-state index in [0.717, 1.165) is 31.5 Å². The van der Waals surface area contributed by atoms with Crippen LogP contribution in [-0.2, 0) is 11.2 Å². The highest BCUT2D eigenvalue weighted by atomic mass is 35.5.